The molecule has 0 atom stereocenters. The molecule has 0 aliphatic heterocycles. The summed E-state index contributed by atoms with van der Waals surface area (Å²) in [6.45, 7) is 0. The maximum absolute atomic E-state index is 3.93. The Morgan fingerprint density at radius 2 is 0.643 bits per heavy atom. The van der Waals surface area contributed by atoms with E-state index in [1.54, 1.807) is 0 Å². The Bertz CT molecular complexity index is 1920. The van der Waals surface area contributed by atoms with Gasteiger partial charge in [-0.05, 0) is 130 Å². The molecule has 6 aromatic carbocycles. The zero-order valence-electron chi connectivity index (χ0n) is 21.8. The van der Waals surface area contributed by atoms with Crippen LogP contribution in [-0.4, -0.2) is 0 Å². The second-order valence-corrected chi connectivity index (χ2v) is 14.4. The highest BCUT2D eigenvalue weighted by atomic mass is 79.9. The van der Waals surface area contributed by atoms with Crippen LogP contribution in [0.1, 0.15) is 0 Å². The van der Waals surface area contributed by atoms with Gasteiger partial charge in [0.05, 0.1) is 0 Å². The van der Waals surface area contributed by atoms with E-state index in [-0.39, 0.29) is 0 Å². The minimum absolute atomic E-state index is 0.938. The summed E-state index contributed by atoms with van der Waals surface area (Å²) in [6.07, 6.45) is 0. The van der Waals surface area contributed by atoms with Crippen molar-refractivity contribution < 1.29 is 0 Å². The molecular formula is C36H20Br6. The molecule has 6 rings (SSSR count). The first kappa shape index (κ1) is 30.2. The monoisotopic (exact) mass is 926 g/mol. The molecule has 206 valence electrons. The molecule has 6 aromatic rings. The van der Waals surface area contributed by atoms with E-state index >= 15 is 0 Å². The van der Waals surface area contributed by atoms with E-state index in [1.165, 1.54) is 27.8 Å². The molecule has 0 unspecified atom stereocenters. The topological polar surface area (TPSA) is 0 Å². The lowest BCUT2D eigenvalue weighted by Gasteiger charge is -2.21. The van der Waals surface area contributed by atoms with Crippen molar-refractivity contribution in [1.82, 2.24) is 0 Å². The molecule has 0 aliphatic rings. The summed E-state index contributed by atoms with van der Waals surface area (Å²) in [5, 5.41) is 0. The third-order valence-corrected chi connectivity index (χ3v) is 14.0. The number of halogens is 6. The molecular weight excluding hydrogens is 912 g/mol. The van der Waals surface area contributed by atoms with Crippen LogP contribution in [0.15, 0.2) is 148 Å². The smallest absolute Gasteiger partial charge is 0.0482 e. The van der Waals surface area contributed by atoms with Crippen molar-refractivity contribution >= 4 is 95.6 Å². The highest BCUT2D eigenvalue weighted by Gasteiger charge is 2.24. The van der Waals surface area contributed by atoms with Gasteiger partial charge in [0.2, 0.25) is 0 Å². The molecule has 0 N–H and O–H groups in total. The van der Waals surface area contributed by atoms with Crippen LogP contribution in [0.5, 0.6) is 0 Å². The fourth-order valence-electron chi connectivity index (χ4n) is 5.32. The molecule has 0 radical (unpaired) electrons. The third-order valence-electron chi connectivity index (χ3n) is 7.21. The molecule has 0 heterocycles. The molecule has 0 bridgehead atoms. The van der Waals surface area contributed by atoms with Crippen LogP contribution < -0.4 is 0 Å². The van der Waals surface area contributed by atoms with Crippen LogP contribution in [0.3, 0.4) is 0 Å². The fraction of sp³-hybridized carbons (Fsp3) is 0. The molecule has 0 spiro atoms. The molecule has 0 nitrogen and oxygen atoms in total. The van der Waals surface area contributed by atoms with Crippen LogP contribution in [0.2, 0.25) is 0 Å². The van der Waals surface area contributed by atoms with Crippen LogP contribution in [0.4, 0.5) is 0 Å². The van der Waals surface area contributed by atoms with Crippen LogP contribution in [0, 0.1) is 0 Å². The van der Waals surface area contributed by atoms with Gasteiger partial charge >= 0.3 is 0 Å². The lowest BCUT2D eigenvalue weighted by Crippen LogP contribution is -1.95. The summed E-state index contributed by atoms with van der Waals surface area (Å²) in [6, 6.07) is 43.0. The Morgan fingerprint density at radius 1 is 0.262 bits per heavy atom. The second kappa shape index (κ2) is 13.1. The Kier molecular flexibility index (Phi) is 9.40. The predicted octanol–water partition coefficient (Wildman–Crippen LogP) is 14.6. The molecule has 0 fully saturated rings. The summed E-state index contributed by atoms with van der Waals surface area (Å²) < 4.78 is 5.75. The Balaban J connectivity index is 1.62. The van der Waals surface area contributed by atoms with E-state index in [9.17, 15) is 0 Å². The summed E-state index contributed by atoms with van der Waals surface area (Å²) in [5.41, 5.74) is 11.5. The first-order valence-corrected chi connectivity index (χ1v) is 17.8. The highest BCUT2D eigenvalue weighted by molar-refractivity contribution is 9.15. The minimum atomic E-state index is 0.938. The zero-order valence-corrected chi connectivity index (χ0v) is 31.3. The molecule has 0 aromatic heterocycles. The summed E-state index contributed by atoms with van der Waals surface area (Å²) in [5.74, 6) is 0. The average molecular weight is 932 g/mol. The fourth-order valence-corrected chi connectivity index (χ4v) is 9.38. The van der Waals surface area contributed by atoms with Gasteiger partial charge in [0.1, 0.15) is 0 Å². The summed E-state index contributed by atoms with van der Waals surface area (Å²) in [4.78, 5) is 0. The van der Waals surface area contributed by atoms with Crippen LogP contribution in [0.25, 0.3) is 55.6 Å². The van der Waals surface area contributed by atoms with E-state index < -0.39 is 0 Å². The van der Waals surface area contributed by atoms with Gasteiger partial charge in [-0.3, -0.25) is 0 Å². The van der Waals surface area contributed by atoms with E-state index in [2.05, 4.69) is 217 Å². The maximum atomic E-state index is 3.93. The summed E-state index contributed by atoms with van der Waals surface area (Å²) in [7, 11) is 0. The largest absolute Gasteiger partial charge is 0.0622 e. The van der Waals surface area contributed by atoms with Gasteiger partial charge in [-0.15, -0.1) is 0 Å². The Morgan fingerprint density at radius 3 is 1.19 bits per heavy atom. The SMILES string of the molecule is Brc1cccc(-c2c(Br)c(Br)c(Br)c(Br)c2Br)c1-c1ccccc1-c1ccccc1-c1ccccc1-c1ccccc1. The van der Waals surface area contributed by atoms with Crippen molar-refractivity contribution in [3.63, 3.8) is 0 Å². The van der Waals surface area contributed by atoms with Gasteiger partial charge in [-0.2, -0.15) is 0 Å². The number of hydrogen-bond acceptors (Lipinski definition) is 0. The first-order chi connectivity index (χ1) is 20.4. The Labute approximate surface area is 296 Å². The standard InChI is InChI=1S/C36H20Br6/c37-29-20-10-19-28(31-32(38)34(40)36(42)35(41)33(31)39)30(29)27-18-9-8-17-26(27)25-16-7-6-15-24(25)23-14-5-4-13-22(23)21-11-2-1-3-12-21/h1-20H. The molecule has 42 heavy (non-hydrogen) atoms. The van der Waals surface area contributed by atoms with Crippen molar-refractivity contribution in [2.45, 2.75) is 0 Å². The minimum Gasteiger partial charge on any atom is -0.0622 e. The van der Waals surface area contributed by atoms with Crippen molar-refractivity contribution in [1.29, 1.82) is 0 Å². The van der Waals surface area contributed by atoms with Gasteiger partial charge in [0.25, 0.3) is 0 Å². The van der Waals surface area contributed by atoms with Gasteiger partial charge in [0, 0.05) is 38.0 Å². The normalized spacial score (nSPS) is 11.1. The second-order valence-electron chi connectivity index (χ2n) is 9.61. The van der Waals surface area contributed by atoms with E-state index in [0.29, 0.717) is 0 Å². The maximum Gasteiger partial charge on any atom is 0.0482 e. The van der Waals surface area contributed by atoms with Crippen LogP contribution >= 0.6 is 95.6 Å². The van der Waals surface area contributed by atoms with Crippen LogP contribution in [-0.2, 0) is 0 Å². The highest BCUT2D eigenvalue weighted by Crippen LogP contribution is 2.52. The van der Waals surface area contributed by atoms with Gasteiger partial charge < -0.3 is 0 Å². The molecule has 0 aliphatic carbocycles. The molecule has 0 saturated carbocycles. The number of benzene rings is 6. The lowest BCUT2D eigenvalue weighted by atomic mass is 9.85. The van der Waals surface area contributed by atoms with E-state index in [4.69, 9.17) is 0 Å². The lowest BCUT2D eigenvalue weighted by molar-refractivity contribution is 1.43. The zero-order chi connectivity index (χ0) is 29.4. The summed E-state index contributed by atoms with van der Waals surface area (Å²) >= 11 is 22.9. The van der Waals surface area contributed by atoms with Gasteiger partial charge in [0.15, 0.2) is 0 Å². The molecule has 6 heteroatoms. The quantitative estimate of drug-likeness (QED) is 0.119. The number of hydrogen-bond donors (Lipinski definition) is 0. The molecule has 0 amide bonds. The predicted molar refractivity (Wildman–Crippen MR) is 200 cm³/mol. The average Bonchev–Trinajstić information content (AvgIpc) is 3.03. The molecule has 0 saturated heterocycles. The first-order valence-electron chi connectivity index (χ1n) is 13.0. The van der Waals surface area contributed by atoms with E-state index in [1.807, 2.05) is 0 Å². The number of rotatable bonds is 5. The van der Waals surface area contributed by atoms with Crippen molar-refractivity contribution in [3.05, 3.63) is 148 Å². The van der Waals surface area contributed by atoms with E-state index in [0.717, 1.165) is 54.7 Å². The van der Waals surface area contributed by atoms with Crippen molar-refractivity contribution in [2.75, 3.05) is 0 Å². The third kappa shape index (κ3) is 5.60. The van der Waals surface area contributed by atoms with Gasteiger partial charge in [-0.1, -0.05) is 131 Å². The van der Waals surface area contributed by atoms with Crippen molar-refractivity contribution in [2.24, 2.45) is 0 Å². The Hall–Kier alpha value is -1.80. The van der Waals surface area contributed by atoms with Crippen molar-refractivity contribution in [3.8, 4) is 55.6 Å². The van der Waals surface area contributed by atoms with Gasteiger partial charge in [-0.25, -0.2) is 0 Å².